The number of thiazole rings is 1. The highest BCUT2D eigenvalue weighted by atomic mass is 79.9. The number of thiophene rings is 1. The Bertz CT molecular complexity index is 938. The fourth-order valence-corrected chi connectivity index (χ4v) is 4.63. The molecule has 3 aromatic rings. The van der Waals surface area contributed by atoms with E-state index in [4.69, 9.17) is 9.47 Å². The maximum absolute atomic E-state index is 12.7. The second-order valence-electron chi connectivity index (χ2n) is 5.34. The highest BCUT2D eigenvalue weighted by Crippen LogP contribution is 2.39. The molecule has 0 bridgehead atoms. The van der Waals surface area contributed by atoms with Crippen LogP contribution in [0, 0.1) is 6.92 Å². The lowest BCUT2D eigenvalue weighted by Gasteiger charge is -2.20. The van der Waals surface area contributed by atoms with Crippen LogP contribution in [0.4, 0.5) is 5.69 Å². The molecule has 0 unspecified atom stereocenters. The summed E-state index contributed by atoms with van der Waals surface area (Å²) in [5.41, 5.74) is 1.36. The van der Waals surface area contributed by atoms with Crippen molar-refractivity contribution in [3.05, 3.63) is 44.7 Å². The molecule has 5 nitrogen and oxygen atoms in total. The number of nitrogens with one attached hydrogen (secondary N) is 1. The fourth-order valence-electron chi connectivity index (χ4n) is 2.45. The molecule has 0 saturated carbocycles. The molecular weight excluding hydrogens is 424 g/mol. The van der Waals surface area contributed by atoms with Gasteiger partial charge in [-0.25, -0.2) is 4.98 Å². The van der Waals surface area contributed by atoms with Crippen molar-refractivity contribution >= 4 is 50.2 Å². The first kappa shape index (κ1) is 16.6. The topological polar surface area (TPSA) is 60.5 Å². The van der Waals surface area contributed by atoms with E-state index >= 15 is 0 Å². The zero-order chi connectivity index (χ0) is 17.4. The number of amides is 1. The van der Waals surface area contributed by atoms with Gasteiger partial charge in [0.25, 0.3) is 5.91 Å². The van der Waals surface area contributed by atoms with Gasteiger partial charge in [-0.05, 0) is 34.3 Å². The van der Waals surface area contributed by atoms with Crippen molar-refractivity contribution in [2.45, 2.75) is 6.92 Å². The third-order valence-corrected chi connectivity index (χ3v) is 6.47. The van der Waals surface area contributed by atoms with E-state index in [2.05, 4.69) is 26.2 Å². The Kier molecular flexibility index (Phi) is 4.49. The van der Waals surface area contributed by atoms with Gasteiger partial charge in [-0.1, -0.05) is 6.07 Å². The summed E-state index contributed by atoms with van der Waals surface area (Å²) in [5, 5.41) is 5.79. The summed E-state index contributed by atoms with van der Waals surface area (Å²) in [5.74, 6) is 1.12. The number of benzene rings is 1. The second-order valence-corrected chi connectivity index (χ2v) is 8.14. The third-order valence-electron chi connectivity index (χ3n) is 3.61. The van der Waals surface area contributed by atoms with Gasteiger partial charge < -0.3 is 14.8 Å². The number of nitrogens with zero attached hydrogens (tertiary/aromatic N) is 1. The molecule has 1 aliphatic heterocycles. The zero-order valence-electron chi connectivity index (χ0n) is 13.2. The SMILES string of the molecule is Cc1nc(-c2cccs2)sc1C(=O)Nc1cc2c(cc1Br)OCCO2. The predicted molar refractivity (Wildman–Crippen MR) is 103 cm³/mol. The van der Waals surface area contributed by atoms with Crippen LogP contribution in [-0.4, -0.2) is 24.1 Å². The molecule has 0 atom stereocenters. The van der Waals surface area contributed by atoms with E-state index < -0.39 is 0 Å². The number of carbonyl (C=O) groups excluding carboxylic acids is 1. The number of rotatable bonds is 3. The molecule has 0 aliphatic carbocycles. The summed E-state index contributed by atoms with van der Waals surface area (Å²) in [4.78, 5) is 18.9. The van der Waals surface area contributed by atoms with E-state index in [-0.39, 0.29) is 5.91 Å². The van der Waals surface area contributed by atoms with Crippen molar-refractivity contribution in [2.75, 3.05) is 18.5 Å². The second kappa shape index (κ2) is 6.78. The summed E-state index contributed by atoms with van der Waals surface area (Å²) in [6.07, 6.45) is 0. The van der Waals surface area contributed by atoms with Crippen LogP contribution in [0.1, 0.15) is 15.4 Å². The molecular formula is C17H13BrN2O3S2. The number of hydrogen-bond donors (Lipinski definition) is 1. The quantitative estimate of drug-likeness (QED) is 0.629. The van der Waals surface area contributed by atoms with Crippen molar-refractivity contribution in [3.63, 3.8) is 0 Å². The molecule has 0 radical (unpaired) electrons. The van der Waals surface area contributed by atoms with Crippen molar-refractivity contribution in [3.8, 4) is 21.4 Å². The first-order chi connectivity index (χ1) is 12.1. The summed E-state index contributed by atoms with van der Waals surface area (Å²) < 4.78 is 11.9. The molecule has 8 heteroatoms. The van der Waals surface area contributed by atoms with E-state index in [9.17, 15) is 4.79 Å². The lowest BCUT2D eigenvalue weighted by Crippen LogP contribution is -2.17. The minimum atomic E-state index is -0.185. The Morgan fingerprint density at radius 2 is 2.04 bits per heavy atom. The molecule has 1 aromatic carbocycles. The third kappa shape index (κ3) is 3.29. The monoisotopic (exact) mass is 436 g/mol. The molecule has 0 fully saturated rings. The van der Waals surface area contributed by atoms with E-state index in [1.807, 2.05) is 24.4 Å². The van der Waals surface area contributed by atoms with Gasteiger partial charge in [0.2, 0.25) is 0 Å². The number of aryl methyl sites for hydroxylation is 1. The number of aromatic nitrogens is 1. The number of carbonyl (C=O) groups is 1. The molecule has 0 saturated heterocycles. The minimum absolute atomic E-state index is 0.185. The van der Waals surface area contributed by atoms with Crippen LogP contribution in [-0.2, 0) is 0 Å². The van der Waals surface area contributed by atoms with Crippen LogP contribution in [0.25, 0.3) is 9.88 Å². The summed E-state index contributed by atoms with van der Waals surface area (Å²) in [6.45, 7) is 2.87. The molecule has 4 rings (SSSR count). The zero-order valence-corrected chi connectivity index (χ0v) is 16.4. The van der Waals surface area contributed by atoms with Crippen LogP contribution < -0.4 is 14.8 Å². The number of fused-ring (bicyclic) bond motifs is 1. The molecule has 1 N–H and O–H groups in total. The van der Waals surface area contributed by atoms with Gasteiger partial charge in [-0.2, -0.15) is 0 Å². The van der Waals surface area contributed by atoms with Crippen molar-refractivity contribution in [1.29, 1.82) is 0 Å². The molecule has 1 amide bonds. The lowest BCUT2D eigenvalue weighted by atomic mass is 10.2. The summed E-state index contributed by atoms with van der Waals surface area (Å²) >= 11 is 6.48. The van der Waals surface area contributed by atoms with E-state index in [0.717, 1.165) is 20.1 Å². The number of ether oxygens (including phenoxy) is 2. The first-order valence-corrected chi connectivity index (χ1v) is 10.0. The predicted octanol–water partition coefficient (Wildman–Crippen LogP) is 4.97. The average molecular weight is 437 g/mol. The van der Waals surface area contributed by atoms with Crippen LogP contribution in [0.15, 0.2) is 34.1 Å². The van der Waals surface area contributed by atoms with E-state index in [1.165, 1.54) is 11.3 Å². The highest BCUT2D eigenvalue weighted by Gasteiger charge is 2.20. The summed E-state index contributed by atoms with van der Waals surface area (Å²) in [6, 6.07) is 7.55. The van der Waals surface area contributed by atoms with E-state index in [1.54, 1.807) is 23.5 Å². The largest absolute Gasteiger partial charge is 0.486 e. The van der Waals surface area contributed by atoms with Crippen LogP contribution in [0.3, 0.4) is 0 Å². The maximum Gasteiger partial charge on any atom is 0.267 e. The van der Waals surface area contributed by atoms with Gasteiger partial charge in [-0.15, -0.1) is 22.7 Å². The van der Waals surface area contributed by atoms with Gasteiger partial charge >= 0.3 is 0 Å². The molecule has 2 aromatic heterocycles. The number of anilines is 1. The van der Waals surface area contributed by atoms with Gasteiger partial charge in [0, 0.05) is 16.6 Å². The van der Waals surface area contributed by atoms with Gasteiger partial charge in [0.15, 0.2) is 11.5 Å². The Morgan fingerprint density at radius 1 is 1.28 bits per heavy atom. The average Bonchev–Trinajstić information content (AvgIpc) is 3.25. The molecule has 3 heterocycles. The first-order valence-electron chi connectivity index (χ1n) is 7.53. The fraction of sp³-hybridized carbons (Fsp3) is 0.176. The molecule has 25 heavy (non-hydrogen) atoms. The Labute approximate surface area is 160 Å². The van der Waals surface area contributed by atoms with Crippen molar-refractivity contribution < 1.29 is 14.3 Å². The maximum atomic E-state index is 12.7. The molecule has 0 spiro atoms. The highest BCUT2D eigenvalue weighted by molar-refractivity contribution is 9.10. The minimum Gasteiger partial charge on any atom is -0.486 e. The number of halogens is 1. The molecule has 128 valence electrons. The van der Waals surface area contributed by atoms with Gasteiger partial charge in [0.1, 0.15) is 23.1 Å². The lowest BCUT2D eigenvalue weighted by molar-refractivity contribution is 0.102. The van der Waals surface area contributed by atoms with Gasteiger partial charge in [-0.3, -0.25) is 4.79 Å². The Balaban J connectivity index is 1.60. The summed E-state index contributed by atoms with van der Waals surface area (Å²) in [7, 11) is 0. The van der Waals surface area contributed by atoms with Crippen LogP contribution >= 0.6 is 38.6 Å². The molecule has 1 aliphatic rings. The number of hydrogen-bond acceptors (Lipinski definition) is 6. The van der Waals surface area contributed by atoms with Crippen molar-refractivity contribution in [1.82, 2.24) is 4.98 Å². The van der Waals surface area contributed by atoms with Crippen LogP contribution in [0.5, 0.6) is 11.5 Å². The smallest absolute Gasteiger partial charge is 0.267 e. The van der Waals surface area contributed by atoms with E-state index in [0.29, 0.717) is 35.3 Å². The standard InChI is InChI=1S/C17H13BrN2O3S2/c1-9-15(25-17(19-9)14-3-2-6-24-14)16(21)20-11-8-13-12(7-10(11)18)22-4-5-23-13/h2-3,6-8H,4-5H2,1H3,(H,20,21). The van der Waals surface area contributed by atoms with Gasteiger partial charge in [0.05, 0.1) is 16.3 Å². The Morgan fingerprint density at radius 3 is 2.76 bits per heavy atom. The van der Waals surface area contributed by atoms with Crippen molar-refractivity contribution in [2.24, 2.45) is 0 Å². The normalized spacial score (nSPS) is 12.9. The van der Waals surface area contributed by atoms with Crippen LogP contribution in [0.2, 0.25) is 0 Å². The Hall–Kier alpha value is -1.90.